The highest BCUT2D eigenvalue weighted by atomic mass is 32.1. The summed E-state index contributed by atoms with van der Waals surface area (Å²) in [6.07, 6.45) is 0.842. The highest BCUT2D eigenvalue weighted by Crippen LogP contribution is 2.23. The van der Waals surface area contributed by atoms with Crippen molar-refractivity contribution in [1.29, 1.82) is 5.26 Å². The number of benzene rings is 1. The first-order valence-electron chi connectivity index (χ1n) is 7.77. The van der Waals surface area contributed by atoms with Crippen LogP contribution in [0.2, 0.25) is 0 Å². The predicted octanol–water partition coefficient (Wildman–Crippen LogP) is 2.13. The molecular weight excluding hydrogens is 340 g/mol. The molecule has 0 fully saturated rings. The van der Waals surface area contributed by atoms with Gasteiger partial charge in [-0.2, -0.15) is 5.26 Å². The number of nitrogens with zero attached hydrogens (tertiary/aromatic N) is 2. The number of amides is 1. The van der Waals surface area contributed by atoms with E-state index in [0.717, 1.165) is 6.42 Å². The monoisotopic (exact) mass is 356 g/mol. The normalized spacial score (nSPS) is 12.8. The molecule has 0 bridgehead atoms. The third-order valence-corrected chi connectivity index (χ3v) is 4.88. The van der Waals surface area contributed by atoms with Crippen LogP contribution in [0.5, 0.6) is 5.75 Å². The minimum Gasteiger partial charge on any atom is -0.482 e. The van der Waals surface area contributed by atoms with E-state index in [1.807, 2.05) is 17.5 Å². The third-order valence-electron chi connectivity index (χ3n) is 3.86. The van der Waals surface area contributed by atoms with Crippen molar-refractivity contribution in [3.05, 3.63) is 51.7 Å². The van der Waals surface area contributed by atoms with Gasteiger partial charge in [0.1, 0.15) is 5.75 Å². The van der Waals surface area contributed by atoms with Crippen molar-refractivity contribution in [2.45, 2.75) is 13.0 Å². The van der Waals surface area contributed by atoms with Gasteiger partial charge in [-0.25, -0.2) is 4.79 Å². The zero-order valence-corrected chi connectivity index (χ0v) is 14.3. The van der Waals surface area contributed by atoms with Crippen LogP contribution in [0.25, 0.3) is 0 Å². The fourth-order valence-corrected chi connectivity index (χ4v) is 3.39. The summed E-state index contributed by atoms with van der Waals surface area (Å²) in [5, 5.41) is 10.7. The Morgan fingerprint density at radius 1 is 1.20 bits per heavy atom. The number of fused-ring (bicyclic) bond motifs is 1. The summed E-state index contributed by atoms with van der Waals surface area (Å²) < 4.78 is 10.3. The minimum absolute atomic E-state index is 0.205. The van der Waals surface area contributed by atoms with Crippen LogP contribution < -0.4 is 4.74 Å². The van der Waals surface area contributed by atoms with E-state index >= 15 is 0 Å². The fourth-order valence-electron chi connectivity index (χ4n) is 2.50. The Morgan fingerprint density at radius 2 is 2.00 bits per heavy atom. The molecule has 3 rings (SSSR count). The van der Waals surface area contributed by atoms with Crippen LogP contribution in [0.3, 0.4) is 0 Å². The maximum Gasteiger partial charge on any atom is 0.344 e. The minimum atomic E-state index is -0.606. The number of nitriles is 1. The first kappa shape index (κ1) is 17.0. The molecule has 0 saturated carbocycles. The van der Waals surface area contributed by atoms with Gasteiger partial charge < -0.3 is 14.4 Å². The van der Waals surface area contributed by atoms with Crippen molar-refractivity contribution >= 4 is 23.2 Å². The first-order chi connectivity index (χ1) is 12.2. The number of hydrogen-bond donors (Lipinski definition) is 0. The van der Waals surface area contributed by atoms with Crippen LogP contribution in [0.1, 0.15) is 16.0 Å². The molecule has 0 aliphatic carbocycles. The molecule has 0 atom stereocenters. The van der Waals surface area contributed by atoms with Gasteiger partial charge in [0.15, 0.2) is 13.2 Å². The van der Waals surface area contributed by atoms with Crippen molar-refractivity contribution in [2.24, 2.45) is 0 Å². The van der Waals surface area contributed by atoms with Crippen LogP contribution in [-0.4, -0.2) is 36.5 Å². The first-order valence-corrected chi connectivity index (χ1v) is 8.65. The highest BCUT2D eigenvalue weighted by molar-refractivity contribution is 7.10. The topological polar surface area (TPSA) is 79.6 Å². The van der Waals surface area contributed by atoms with E-state index in [1.54, 1.807) is 40.5 Å². The molecule has 0 saturated heterocycles. The molecule has 0 spiro atoms. The van der Waals surface area contributed by atoms with Crippen molar-refractivity contribution < 1.29 is 19.1 Å². The number of ether oxygens (including phenoxy) is 2. The van der Waals surface area contributed by atoms with Crippen LogP contribution in [0, 0.1) is 11.3 Å². The van der Waals surface area contributed by atoms with Gasteiger partial charge in [0.2, 0.25) is 0 Å². The van der Waals surface area contributed by atoms with Gasteiger partial charge >= 0.3 is 5.97 Å². The second-order valence-electron chi connectivity index (χ2n) is 5.52. The number of hydrogen-bond acceptors (Lipinski definition) is 6. The molecule has 7 heteroatoms. The smallest absolute Gasteiger partial charge is 0.344 e. The van der Waals surface area contributed by atoms with Crippen LogP contribution >= 0.6 is 11.3 Å². The summed E-state index contributed by atoms with van der Waals surface area (Å²) in [7, 11) is 0. The van der Waals surface area contributed by atoms with E-state index in [-0.39, 0.29) is 19.1 Å². The Kier molecular flexibility index (Phi) is 5.31. The van der Waals surface area contributed by atoms with E-state index < -0.39 is 5.97 Å². The quantitative estimate of drug-likeness (QED) is 0.767. The molecule has 2 heterocycles. The summed E-state index contributed by atoms with van der Waals surface area (Å²) in [6.45, 7) is 0.644. The second-order valence-corrected chi connectivity index (χ2v) is 6.52. The lowest BCUT2D eigenvalue weighted by atomic mass is 10.1. The zero-order chi connectivity index (χ0) is 17.6. The van der Waals surface area contributed by atoms with Crippen LogP contribution in [-0.2, 0) is 27.3 Å². The van der Waals surface area contributed by atoms with Crippen molar-refractivity contribution in [3.63, 3.8) is 0 Å². The third kappa shape index (κ3) is 4.37. The number of thiophene rings is 1. The highest BCUT2D eigenvalue weighted by Gasteiger charge is 2.22. The number of carbonyl (C=O) groups excluding carboxylic acids is 2. The molecule has 1 amide bonds. The Bertz CT molecular complexity index is 807. The van der Waals surface area contributed by atoms with Gasteiger partial charge in [0, 0.05) is 18.0 Å². The van der Waals surface area contributed by atoms with Crippen LogP contribution in [0.15, 0.2) is 35.7 Å². The molecule has 25 heavy (non-hydrogen) atoms. The molecule has 0 N–H and O–H groups in total. The van der Waals surface area contributed by atoms with E-state index in [4.69, 9.17) is 14.7 Å². The summed E-state index contributed by atoms with van der Waals surface area (Å²) in [4.78, 5) is 26.9. The average Bonchev–Trinajstić information content (AvgIpc) is 3.12. The molecule has 1 aliphatic rings. The fraction of sp³-hybridized carbons (Fsp3) is 0.278. The zero-order valence-electron chi connectivity index (χ0n) is 13.4. The lowest BCUT2D eigenvalue weighted by Gasteiger charge is -2.26. The van der Waals surface area contributed by atoms with Crippen molar-refractivity contribution in [1.82, 2.24) is 4.90 Å². The van der Waals surface area contributed by atoms with E-state index in [0.29, 0.717) is 24.4 Å². The molecular formula is C18H16N2O4S. The summed E-state index contributed by atoms with van der Waals surface area (Å²) >= 11 is 1.71. The Balaban J connectivity index is 1.41. The molecule has 0 unspecified atom stereocenters. The van der Waals surface area contributed by atoms with E-state index in [1.165, 1.54) is 10.4 Å². The maximum atomic E-state index is 12.2. The van der Waals surface area contributed by atoms with E-state index in [9.17, 15) is 9.59 Å². The van der Waals surface area contributed by atoms with Gasteiger partial charge in [-0.15, -0.1) is 11.3 Å². The molecule has 2 aromatic rings. The maximum absolute atomic E-state index is 12.2. The standard InChI is InChI=1S/C18H16N2O4S/c19-9-13-1-3-15(4-2-13)23-12-18(22)24-11-17(21)20-7-5-16-14(10-20)6-8-25-16/h1-4,6,8H,5,7,10-12H2. The molecule has 0 radical (unpaired) electrons. The van der Waals surface area contributed by atoms with E-state index in [2.05, 4.69) is 0 Å². The second kappa shape index (κ2) is 7.81. The SMILES string of the molecule is N#Cc1ccc(OCC(=O)OCC(=O)N2CCc3sccc3C2)cc1. The number of carbonyl (C=O) groups is 2. The van der Waals surface area contributed by atoms with Gasteiger partial charge in [0.05, 0.1) is 11.6 Å². The Labute approximate surface area is 149 Å². The van der Waals surface area contributed by atoms with Crippen molar-refractivity contribution in [3.8, 4) is 11.8 Å². The number of esters is 1. The summed E-state index contributed by atoms with van der Waals surface area (Å²) in [5.41, 5.74) is 1.68. The largest absolute Gasteiger partial charge is 0.482 e. The number of rotatable bonds is 5. The molecule has 1 aromatic heterocycles. The van der Waals surface area contributed by atoms with Gasteiger partial charge in [0.25, 0.3) is 5.91 Å². The molecule has 1 aromatic carbocycles. The summed E-state index contributed by atoms with van der Waals surface area (Å²) in [6, 6.07) is 10.4. The average molecular weight is 356 g/mol. The summed E-state index contributed by atoms with van der Waals surface area (Å²) in [5.74, 6) is -0.349. The Morgan fingerprint density at radius 3 is 2.76 bits per heavy atom. The molecule has 128 valence electrons. The lowest BCUT2D eigenvalue weighted by molar-refractivity contribution is -0.154. The van der Waals surface area contributed by atoms with Crippen LogP contribution in [0.4, 0.5) is 0 Å². The Hall–Kier alpha value is -2.85. The van der Waals surface area contributed by atoms with Gasteiger partial charge in [-0.05, 0) is 47.7 Å². The van der Waals surface area contributed by atoms with Gasteiger partial charge in [-0.3, -0.25) is 4.79 Å². The predicted molar refractivity (Wildman–Crippen MR) is 91.1 cm³/mol. The molecule has 6 nitrogen and oxygen atoms in total. The van der Waals surface area contributed by atoms with Crippen molar-refractivity contribution in [2.75, 3.05) is 19.8 Å². The molecule has 1 aliphatic heterocycles. The lowest BCUT2D eigenvalue weighted by Crippen LogP contribution is -2.38. The van der Waals surface area contributed by atoms with Gasteiger partial charge in [-0.1, -0.05) is 0 Å².